The number of aromatic nitrogens is 3. The number of carbonyl (C=O) groups excluding carboxylic acids is 1. The normalized spacial score (nSPS) is 17.0. The van der Waals surface area contributed by atoms with Crippen LogP contribution in [0.2, 0.25) is 0 Å². The summed E-state index contributed by atoms with van der Waals surface area (Å²) >= 11 is 0. The number of hydrogen-bond acceptors (Lipinski definition) is 4. The van der Waals surface area contributed by atoms with Crippen LogP contribution >= 0.6 is 0 Å². The molecule has 0 saturated carbocycles. The first-order valence-corrected chi connectivity index (χ1v) is 7.82. The summed E-state index contributed by atoms with van der Waals surface area (Å²) in [7, 11) is 0. The molecule has 0 fully saturated rings. The summed E-state index contributed by atoms with van der Waals surface area (Å²) in [6.45, 7) is 2.44. The van der Waals surface area contributed by atoms with E-state index in [-0.39, 0.29) is 11.9 Å². The third-order valence-corrected chi connectivity index (χ3v) is 4.12. The van der Waals surface area contributed by atoms with Crippen LogP contribution in [0.15, 0.2) is 24.4 Å². The summed E-state index contributed by atoms with van der Waals surface area (Å²) in [5.41, 5.74) is 4.38. The molecule has 22 heavy (non-hydrogen) atoms. The molecule has 3 rings (SSSR count). The Morgan fingerprint density at radius 3 is 3.23 bits per heavy atom. The van der Waals surface area contributed by atoms with Crippen LogP contribution in [-0.4, -0.2) is 27.8 Å². The van der Waals surface area contributed by atoms with Crippen LogP contribution in [0.5, 0.6) is 0 Å². The second kappa shape index (κ2) is 6.73. The molecule has 116 valence electrons. The molecular formula is C17H21N3O2. The maximum Gasteiger partial charge on any atom is 0.309 e. The Morgan fingerprint density at radius 2 is 2.36 bits per heavy atom. The molecule has 5 nitrogen and oxygen atoms in total. The lowest BCUT2D eigenvalue weighted by atomic mass is 9.88. The number of ether oxygens (including phenoxy) is 1. The highest BCUT2D eigenvalue weighted by Gasteiger charge is 2.26. The van der Waals surface area contributed by atoms with E-state index < -0.39 is 0 Å². The maximum absolute atomic E-state index is 12.1. The van der Waals surface area contributed by atoms with Gasteiger partial charge in [0.25, 0.3) is 0 Å². The highest BCUT2D eigenvalue weighted by molar-refractivity contribution is 5.73. The van der Waals surface area contributed by atoms with Crippen LogP contribution in [0.3, 0.4) is 0 Å². The van der Waals surface area contributed by atoms with Gasteiger partial charge in [-0.2, -0.15) is 5.10 Å². The van der Waals surface area contributed by atoms with Crippen LogP contribution in [-0.2, 0) is 28.8 Å². The van der Waals surface area contributed by atoms with Crippen molar-refractivity contribution in [3.63, 3.8) is 0 Å². The molecule has 2 aromatic heterocycles. The van der Waals surface area contributed by atoms with E-state index in [0.29, 0.717) is 13.0 Å². The van der Waals surface area contributed by atoms with Gasteiger partial charge in [0.2, 0.25) is 0 Å². The molecular weight excluding hydrogens is 278 g/mol. The van der Waals surface area contributed by atoms with Gasteiger partial charge in [0, 0.05) is 23.5 Å². The highest BCUT2D eigenvalue weighted by atomic mass is 16.5. The minimum Gasteiger partial charge on any atom is -0.465 e. The van der Waals surface area contributed by atoms with Crippen LogP contribution < -0.4 is 0 Å². The van der Waals surface area contributed by atoms with E-state index in [1.807, 2.05) is 31.3 Å². The quantitative estimate of drug-likeness (QED) is 0.680. The number of rotatable bonds is 5. The summed E-state index contributed by atoms with van der Waals surface area (Å²) in [6.07, 6.45) is 5.97. The zero-order chi connectivity index (χ0) is 15.4. The van der Waals surface area contributed by atoms with Gasteiger partial charge < -0.3 is 4.74 Å². The molecule has 1 aliphatic carbocycles. The monoisotopic (exact) mass is 299 g/mol. The maximum atomic E-state index is 12.1. The number of hydrogen-bond donors (Lipinski definition) is 1. The second-order valence-electron chi connectivity index (χ2n) is 5.85. The van der Waals surface area contributed by atoms with E-state index in [0.717, 1.165) is 42.8 Å². The van der Waals surface area contributed by atoms with Crippen LogP contribution in [0, 0.1) is 12.8 Å². The molecule has 0 aromatic carbocycles. The fraction of sp³-hybridized carbons (Fsp3) is 0.471. The lowest BCUT2D eigenvalue weighted by Crippen LogP contribution is -2.25. The predicted molar refractivity (Wildman–Crippen MR) is 82.4 cm³/mol. The molecule has 1 aliphatic rings. The van der Waals surface area contributed by atoms with Gasteiger partial charge in [-0.3, -0.25) is 14.9 Å². The van der Waals surface area contributed by atoms with Crippen molar-refractivity contribution < 1.29 is 9.53 Å². The fourth-order valence-corrected chi connectivity index (χ4v) is 2.89. The predicted octanol–water partition coefficient (Wildman–Crippen LogP) is 2.39. The van der Waals surface area contributed by atoms with Crippen LogP contribution in [0.25, 0.3) is 0 Å². The van der Waals surface area contributed by atoms with Crippen molar-refractivity contribution in [1.82, 2.24) is 15.2 Å². The van der Waals surface area contributed by atoms with Gasteiger partial charge >= 0.3 is 5.97 Å². The van der Waals surface area contributed by atoms with Crippen molar-refractivity contribution in [2.75, 3.05) is 6.61 Å². The number of nitrogens with zero attached hydrogens (tertiary/aromatic N) is 2. The zero-order valence-corrected chi connectivity index (χ0v) is 12.8. The molecule has 0 amide bonds. The highest BCUT2D eigenvalue weighted by Crippen LogP contribution is 2.24. The Bertz CT molecular complexity index is 651. The van der Waals surface area contributed by atoms with E-state index in [1.54, 1.807) is 0 Å². The van der Waals surface area contributed by atoms with Crippen LogP contribution in [0.1, 0.15) is 35.5 Å². The number of fused-ring (bicyclic) bond motifs is 1. The smallest absolute Gasteiger partial charge is 0.309 e. The number of pyridine rings is 1. The Morgan fingerprint density at radius 1 is 1.45 bits per heavy atom. The van der Waals surface area contributed by atoms with Crippen molar-refractivity contribution in [3.8, 4) is 0 Å². The first-order valence-electron chi connectivity index (χ1n) is 7.82. The molecule has 1 atom stereocenters. The summed E-state index contributed by atoms with van der Waals surface area (Å²) in [4.78, 5) is 16.6. The number of carbonyl (C=O) groups is 1. The van der Waals surface area contributed by atoms with Crippen molar-refractivity contribution in [1.29, 1.82) is 0 Å². The lowest BCUT2D eigenvalue weighted by Gasteiger charge is -2.20. The van der Waals surface area contributed by atoms with Gasteiger partial charge in [0.1, 0.15) is 0 Å². The van der Waals surface area contributed by atoms with Gasteiger partial charge in [-0.1, -0.05) is 6.07 Å². The Kier molecular flexibility index (Phi) is 4.51. The second-order valence-corrected chi connectivity index (χ2v) is 5.85. The molecule has 0 bridgehead atoms. The molecule has 2 heterocycles. The topological polar surface area (TPSA) is 67.9 Å². The first-order chi connectivity index (χ1) is 10.7. The largest absolute Gasteiger partial charge is 0.465 e. The Labute approximate surface area is 130 Å². The number of aromatic amines is 1. The molecule has 1 unspecified atom stereocenters. The summed E-state index contributed by atoms with van der Waals surface area (Å²) in [5, 5.41) is 7.00. The average Bonchev–Trinajstić information content (AvgIpc) is 2.99. The minimum atomic E-state index is -0.0857. The molecule has 0 spiro atoms. The van der Waals surface area contributed by atoms with Gasteiger partial charge in [-0.25, -0.2) is 0 Å². The average molecular weight is 299 g/mol. The Hall–Kier alpha value is -2.17. The third kappa shape index (κ3) is 3.53. The number of esters is 1. The van der Waals surface area contributed by atoms with E-state index >= 15 is 0 Å². The molecule has 0 radical (unpaired) electrons. The van der Waals surface area contributed by atoms with E-state index in [1.165, 1.54) is 5.56 Å². The molecule has 2 aromatic rings. The Balaban J connectivity index is 1.41. The SMILES string of the molecule is Cc1cccc(CCCOC(=O)C2CCc3cn[nH]c3C2)n1. The third-order valence-electron chi connectivity index (χ3n) is 4.12. The van der Waals surface area contributed by atoms with Crippen molar-refractivity contribution in [2.45, 2.75) is 39.0 Å². The van der Waals surface area contributed by atoms with Crippen molar-refractivity contribution >= 4 is 5.97 Å². The number of aryl methyl sites for hydroxylation is 3. The van der Waals surface area contributed by atoms with Gasteiger partial charge in [0.05, 0.1) is 18.7 Å². The van der Waals surface area contributed by atoms with Gasteiger partial charge in [-0.15, -0.1) is 0 Å². The van der Waals surface area contributed by atoms with E-state index in [9.17, 15) is 4.79 Å². The van der Waals surface area contributed by atoms with Gasteiger partial charge in [-0.05, 0) is 50.3 Å². The van der Waals surface area contributed by atoms with Gasteiger partial charge in [0.15, 0.2) is 0 Å². The summed E-state index contributed by atoms with van der Waals surface area (Å²) < 4.78 is 5.42. The fourth-order valence-electron chi connectivity index (χ4n) is 2.89. The molecule has 1 N–H and O–H groups in total. The van der Waals surface area contributed by atoms with Crippen LogP contribution in [0.4, 0.5) is 0 Å². The van der Waals surface area contributed by atoms with Crippen molar-refractivity contribution in [2.24, 2.45) is 5.92 Å². The summed E-state index contributed by atoms with van der Waals surface area (Å²) in [6, 6.07) is 6.00. The number of nitrogens with one attached hydrogen (secondary N) is 1. The standard InChI is InChI=1S/C17H21N3O2/c1-12-4-2-5-15(19-12)6-3-9-22-17(21)13-7-8-14-11-18-20-16(14)10-13/h2,4-5,11,13H,3,6-10H2,1H3,(H,18,20). The molecule has 0 aliphatic heterocycles. The minimum absolute atomic E-state index is 0.0370. The first kappa shape index (κ1) is 14.8. The van der Waals surface area contributed by atoms with E-state index in [4.69, 9.17) is 4.74 Å². The zero-order valence-electron chi connectivity index (χ0n) is 12.8. The molecule has 0 saturated heterocycles. The van der Waals surface area contributed by atoms with E-state index in [2.05, 4.69) is 15.2 Å². The van der Waals surface area contributed by atoms with Crippen molar-refractivity contribution in [3.05, 3.63) is 47.0 Å². The molecule has 5 heteroatoms. The summed E-state index contributed by atoms with van der Waals surface area (Å²) in [5.74, 6) is -0.123. The lowest BCUT2D eigenvalue weighted by molar-refractivity contribution is -0.149. The number of H-pyrrole nitrogens is 1.